The van der Waals surface area contributed by atoms with Crippen LogP contribution in [-0.4, -0.2) is 78.7 Å². The fourth-order valence-electron chi connectivity index (χ4n) is 5.69. The molecule has 0 spiro atoms. The molecule has 15 heteroatoms. The number of halogens is 1. The highest BCUT2D eigenvalue weighted by Gasteiger charge is 2.35. The Balaban J connectivity index is 1.11. The highest BCUT2D eigenvalue weighted by Crippen LogP contribution is 2.27. The van der Waals surface area contributed by atoms with Gasteiger partial charge in [-0.3, -0.25) is 19.3 Å². The first-order chi connectivity index (χ1) is 23.4. The van der Waals surface area contributed by atoms with Crippen LogP contribution < -0.4 is 11.1 Å². The van der Waals surface area contributed by atoms with Crippen LogP contribution in [0.5, 0.6) is 0 Å². The molecule has 0 saturated heterocycles. The fraction of sp³-hybridized carbons (Fsp3) is 0.206. The van der Waals surface area contributed by atoms with E-state index in [1.54, 1.807) is 30.6 Å². The summed E-state index contributed by atoms with van der Waals surface area (Å²) in [6, 6.07) is 14.0. The van der Waals surface area contributed by atoms with E-state index in [1.165, 1.54) is 24.5 Å². The van der Waals surface area contributed by atoms with Crippen LogP contribution >= 0.6 is 0 Å². The number of ketones is 1. The van der Waals surface area contributed by atoms with Gasteiger partial charge in [0, 0.05) is 22.2 Å². The Morgan fingerprint density at radius 1 is 1.12 bits per heavy atom. The van der Waals surface area contributed by atoms with Crippen molar-refractivity contribution in [3.63, 3.8) is 0 Å². The molecule has 0 atom stereocenters. The maximum absolute atomic E-state index is 13.7. The summed E-state index contributed by atoms with van der Waals surface area (Å²) in [6.45, 7) is 1.08. The first-order valence-corrected chi connectivity index (χ1v) is 15.3. The van der Waals surface area contributed by atoms with Crippen molar-refractivity contribution in [3.8, 4) is 0 Å². The van der Waals surface area contributed by atoms with Crippen LogP contribution in [0.15, 0.2) is 95.8 Å². The van der Waals surface area contributed by atoms with E-state index in [4.69, 9.17) is 5.73 Å². The summed E-state index contributed by atoms with van der Waals surface area (Å²) in [6.07, 6.45) is 8.04. The summed E-state index contributed by atoms with van der Waals surface area (Å²) in [5, 5.41) is 20.8. The number of pyridine rings is 1. The van der Waals surface area contributed by atoms with Crippen molar-refractivity contribution in [3.05, 3.63) is 118 Å². The number of anilines is 2. The molecule has 0 unspecified atom stereocenters. The molecule has 1 amide bonds. The Labute approximate surface area is 279 Å². The molecule has 6 rings (SSSR count). The second-order valence-corrected chi connectivity index (χ2v) is 12.4. The molecule has 3 N–H and O–H groups in total. The zero-order valence-electron chi connectivity index (χ0n) is 26.7. The monoisotopic (exact) mass is 663 g/mol. The number of rotatable bonds is 13. The lowest BCUT2D eigenvalue weighted by Crippen LogP contribution is -2.41. The normalized spacial score (nSPS) is 13.4. The molecule has 0 bridgehead atoms. The molecular formula is C34H32FN10O4+. The molecule has 0 saturated carbocycles. The molecule has 4 heterocycles. The van der Waals surface area contributed by atoms with Crippen molar-refractivity contribution in [1.29, 1.82) is 0 Å². The van der Waals surface area contributed by atoms with Crippen molar-refractivity contribution in [2.75, 3.05) is 32.5 Å². The van der Waals surface area contributed by atoms with Crippen molar-refractivity contribution in [2.24, 2.45) is 10.7 Å². The topological polar surface area (TPSA) is 184 Å². The van der Waals surface area contributed by atoms with Gasteiger partial charge < -0.3 is 25.6 Å². The predicted molar refractivity (Wildman–Crippen MR) is 181 cm³/mol. The summed E-state index contributed by atoms with van der Waals surface area (Å²) < 4.78 is 15.8. The fourth-order valence-corrected chi connectivity index (χ4v) is 5.69. The number of carbonyl (C=O) groups excluding carboxylic acids is 2. The number of nitrogens with one attached hydrogen (secondary N) is 1. The Morgan fingerprint density at radius 2 is 1.96 bits per heavy atom. The second kappa shape index (κ2) is 13.5. The van der Waals surface area contributed by atoms with Gasteiger partial charge in [-0.2, -0.15) is 5.10 Å². The molecule has 3 aromatic heterocycles. The van der Waals surface area contributed by atoms with Crippen LogP contribution in [0.3, 0.4) is 0 Å². The zero-order chi connectivity index (χ0) is 34.7. The number of benzene rings is 2. The van der Waals surface area contributed by atoms with E-state index in [1.807, 2.05) is 43.0 Å². The summed E-state index contributed by atoms with van der Waals surface area (Å²) in [7, 11) is 3.72. The summed E-state index contributed by atoms with van der Waals surface area (Å²) in [5.74, 6) is -1.06. The molecule has 0 aliphatic carbocycles. The van der Waals surface area contributed by atoms with Crippen LogP contribution in [-0.2, 0) is 22.6 Å². The van der Waals surface area contributed by atoms with E-state index in [-0.39, 0.29) is 47.0 Å². The van der Waals surface area contributed by atoms with E-state index >= 15 is 0 Å². The van der Waals surface area contributed by atoms with Crippen LogP contribution in [0.4, 0.5) is 15.9 Å². The Kier molecular flexibility index (Phi) is 9.00. The number of nitrogens with two attached hydrogens (primary N) is 1. The molecule has 2 aromatic carbocycles. The van der Waals surface area contributed by atoms with Gasteiger partial charge in [0.05, 0.1) is 69.0 Å². The SMILES string of the molecule is C[N+](C)(C/C=C/C(=O)Cc1cc2c(Nc3ccc4c(cnn4Cc4cccc(F)c4)c3)ncnc2cn1)CC1=C([N+](=O)[O-])N=C(C(N)=O)C1. The molecule has 49 heavy (non-hydrogen) atoms. The molecule has 14 nitrogen and oxygen atoms in total. The largest absolute Gasteiger partial charge is 0.369 e. The van der Waals surface area contributed by atoms with Gasteiger partial charge in [0.25, 0.3) is 5.91 Å². The number of quaternary nitrogens is 1. The molecule has 0 radical (unpaired) electrons. The lowest BCUT2D eigenvalue weighted by Gasteiger charge is -2.28. The third kappa shape index (κ3) is 7.68. The van der Waals surface area contributed by atoms with Crippen LogP contribution in [0.25, 0.3) is 21.8 Å². The number of amides is 1. The number of fused-ring (bicyclic) bond motifs is 2. The third-order valence-corrected chi connectivity index (χ3v) is 7.98. The lowest BCUT2D eigenvalue weighted by molar-refractivity contribution is -0.880. The highest BCUT2D eigenvalue weighted by atomic mass is 19.1. The van der Waals surface area contributed by atoms with Gasteiger partial charge >= 0.3 is 5.82 Å². The van der Waals surface area contributed by atoms with E-state index in [9.17, 15) is 24.1 Å². The number of hydrogen-bond acceptors (Lipinski definition) is 10. The number of hydrogen-bond donors (Lipinski definition) is 2. The number of likely N-dealkylation sites (N-methyl/N-ethyl adjacent to an activating group) is 1. The maximum Gasteiger partial charge on any atom is 0.369 e. The Morgan fingerprint density at radius 3 is 2.73 bits per heavy atom. The van der Waals surface area contributed by atoms with Crippen LogP contribution in [0, 0.1) is 15.9 Å². The molecule has 5 aromatic rings. The number of aliphatic imine (C=N–C) groups is 1. The minimum absolute atomic E-state index is 0.0293. The van der Waals surface area contributed by atoms with Crippen molar-refractivity contribution >= 4 is 50.7 Å². The predicted octanol–water partition coefficient (Wildman–Crippen LogP) is 3.87. The van der Waals surface area contributed by atoms with Gasteiger partial charge in [-0.25, -0.2) is 14.4 Å². The standard InChI is InChI=1S/C34H31FN10O4/c1-45(2,19-23-13-29(32(36)47)42-34(23)44(48)49)10-4-7-27(46)14-26-15-28-30(17-37-26)38-20-39-33(28)41-25-8-9-31-22(12-25)16-40-43(31)18-21-5-3-6-24(35)11-21/h3-9,11-12,15-17,20H,10,13-14,18-19H2,1-2H3,(H2-,36,38,39,41,47)/p+1/b7-4+. The summed E-state index contributed by atoms with van der Waals surface area (Å²) in [5.41, 5.74) is 9.26. The molecule has 248 valence electrons. The molecule has 1 aliphatic heterocycles. The highest BCUT2D eigenvalue weighted by molar-refractivity contribution is 6.39. The van der Waals surface area contributed by atoms with Gasteiger partial charge in [-0.1, -0.05) is 12.1 Å². The Hall–Kier alpha value is -6.22. The van der Waals surface area contributed by atoms with Crippen LogP contribution in [0.1, 0.15) is 17.7 Å². The van der Waals surface area contributed by atoms with E-state index in [0.717, 1.165) is 22.2 Å². The molecule has 1 aliphatic rings. The first-order valence-electron chi connectivity index (χ1n) is 15.3. The molecular weight excluding hydrogens is 631 g/mol. The van der Waals surface area contributed by atoms with E-state index < -0.39 is 10.8 Å². The number of nitrogens with zero attached hydrogens (tertiary/aromatic N) is 8. The van der Waals surface area contributed by atoms with Gasteiger partial charge in [-0.15, -0.1) is 0 Å². The summed E-state index contributed by atoms with van der Waals surface area (Å²) in [4.78, 5) is 52.2. The minimum atomic E-state index is -0.785. The second-order valence-electron chi connectivity index (χ2n) is 12.4. The lowest BCUT2D eigenvalue weighted by atomic mass is 10.1. The minimum Gasteiger partial charge on any atom is -0.363 e. The molecule has 0 fully saturated rings. The third-order valence-electron chi connectivity index (χ3n) is 7.98. The first kappa shape index (κ1) is 32.7. The average molecular weight is 664 g/mol. The van der Waals surface area contributed by atoms with Crippen molar-refractivity contribution in [1.82, 2.24) is 24.7 Å². The average Bonchev–Trinajstić information content (AvgIpc) is 3.65. The smallest absolute Gasteiger partial charge is 0.363 e. The summed E-state index contributed by atoms with van der Waals surface area (Å²) >= 11 is 0. The maximum atomic E-state index is 13.7. The number of nitro groups is 1. The van der Waals surface area contributed by atoms with Crippen molar-refractivity contribution in [2.45, 2.75) is 19.4 Å². The van der Waals surface area contributed by atoms with Gasteiger partial charge in [0.15, 0.2) is 5.78 Å². The van der Waals surface area contributed by atoms with E-state index in [0.29, 0.717) is 41.1 Å². The van der Waals surface area contributed by atoms with Crippen LogP contribution in [0.2, 0.25) is 0 Å². The number of aromatic nitrogens is 5. The van der Waals surface area contributed by atoms with Gasteiger partial charge in [0.1, 0.15) is 24.5 Å². The van der Waals surface area contributed by atoms with Gasteiger partial charge in [0.2, 0.25) is 5.71 Å². The number of allylic oxidation sites excluding steroid dienone is 1. The van der Waals surface area contributed by atoms with E-state index in [2.05, 4.69) is 30.4 Å². The Bertz CT molecular complexity index is 2220. The van der Waals surface area contributed by atoms with Crippen molar-refractivity contribution < 1.29 is 23.4 Å². The van der Waals surface area contributed by atoms with Gasteiger partial charge in [-0.05, 0) is 64.0 Å². The number of carbonyl (C=O) groups is 2. The number of primary amides is 1. The quantitative estimate of drug-likeness (QED) is 0.0817. The zero-order valence-corrected chi connectivity index (χ0v) is 26.7.